The molecule has 0 rings (SSSR count). The van der Waals surface area contributed by atoms with E-state index >= 15 is 0 Å². The van der Waals surface area contributed by atoms with E-state index in [4.69, 9.17) is 9.47 Å². The van der Waals surface area contributed by atoms with E-state index in [1.54, 1.807) is 0 Å². The number of carbonyl (C=O) groups is 2. The molecular formula is C47H90O4. The van der Waals surface area contributed by atoms with Gasteiger partial charge in [0.15, 0.2) is 0 Å². The van der Waals surface area contributed by atoms with Crippen molar-refractivity contribution in [2.24, 2.45) is 0 Å². The first kappa shape index (κ1) is 49.7. The lowest BCUT2D eigenvalue weighted by Crippen LogP contribution is -2.14. The van der Waals surface area contributed by atoms with E-state index in [-0.39, 0.29) is 18.0 Å². The van der Waals surface area contributed by atoms with Crippen LogP contribution in [0.25, 0.3) is 0 Å². The summed E-state index contributed by atoms with van der Waals surface area (Å²) in [5.74, 6) is -0.833. The molecule has 0 saturated heterocycles. The lowest BCUT2D eigenvalue weighted by Gasteiger charge is -2.08. The molecule has 0 N–H and O–H groups in total. The van der Waals surface area contributed by atoms with Crippen LogP contribution in [0.3, 0.4) is 0 Å². The number of hydrogen-bond donors (Lipinski definition) is 0. The Bertz CT molecular complexity index is 732. The SMILES string of the molecule is C=C(CC(=O)OCCCCCCCCCCCCCCCCCCCCC)C(=O)OCCCCCCCCCCCCCCCCCCCCC. The Balaban J connectivity index is 3.35. The Morgan fingerprint density at radius 3 is 0.804 bits per heavy atom. The first-order valence-electron chi connectivity index (χ1n) is 23.1. The molecule has 302 valence electrons. The highest BCUT2D eigenvalue weighted by Crippen LogP contribution is 2.17. The van der Waals surface area contributed by atoms with Gasteiger partial charge in [0, 0.05) is 5.57 Å². The van der Waals surface area contributed by atoms with Gasteiger partial charge in [-0.15, -0.1) is 0 Å². The molecule has 0 aliphatic heterocycles. The number of esters is 2. The lowest BCUT2D eigenvalue weighted by molar-refractivity contribution is -0.146. The van der Waals surface area contributed by atoms with Gasteiger partial charge < -0.3 is 9.47 Å². The van der Waals surface area contributed by atoms with Crippen LogP contribution in [0, 0.1) is 0 Å². The Morgan fingerprint density at radius 2 is 0.549 bits per heavy atom. The Morgan fingerprint density at radius 1 is 0.333 bits per heavy atom. The molecular weight excluding hydrogens is 629 g/mol. The number of ether oxygens (including phenoxy) is 2. The van der Waals surface area contributed by atoms with Gasteiger partial charge >= 0.3 is 11.9 Å². The number of rotatable bonds is 43. The van der Waals surface area contributed by atoms with Gasteiger partial charge in [0.05, 0.1) is 19.6 Å². The highest BCUT2D eigenvalue weighted by molar-refractivity contribution is 5.93. The molecule has 0 heterocycles. The largest absolute Gasteiger partial charge is 0.465 e. The van der Waals surface area contributed by atoms with Gasteiger partial charge in [-0.05, 0) is 12.8 Å². The van der Waals surface area contributed by atoms with Crippen molar-refractivity contribution >= 4 is 11.9 Å². The zero-order chi connectivity index (χ0) is 37.1. The second-order valence-electron chi connectivity index (χ2n) is 15.9. The average Bonchev–Trinajstić information content (AvgIpc) is 3.13. The third kappa shape index (κ3) is 41.3. The molecule has 0 atom stereocenters. The molecule has 0 aromatic carbocycles. The Kier molecular flexibility index (Phi) is 42.0. The topological polar surface area (TPSA) is 52.6 Å². The van der Waals surface area contributed by atoms with Gasteiger partial charge in [-0.2, -0.15) is 0 Å². The molecule has 4 heteroatoms. The molecule has 0 amide bonds. The monoisotopic (exact) mass is 719 g/mol. The molecule has 0 aliphatic rings. The summed E-state index contributed by atoms with van der Waals surface area (Å²) >= 11 is 0. The van der Waals surface area contributed by atoms with Gasteiger partial charge in [0.25, 0.3) is 0 Å². The fraction of sp³-hybridized carbons (Fsp3) is 0.915. The zero-order valence-electron chi connectivity index (χ0n) is 34.8. The first-order valence-corrected chi connectivity index (χ1v) is 23.1. The molecule has 0 bridgehead atoms. The van der Waals surface area contributed by atoms with Crippen LogP contribution in [0.15, 0.2) is 12.2 Å². The predicted octanol–water partition coefficient (Wildman–Crippen LogP) is 15.9. The summed E-state index contributed by atoms with van der Waals surface area (Å²) in [5.41, 5.74) is 0.200. The van der Waals surface area contributed by atoms with Crippen LogP contribution in [0.4, 0.5) is 0 Å². The summed E-state index contributed by atoms with van der Waals surface area (Å²) in [6.45, 7) is 9.17. The quantitative estimate of drug-likeness (QED) is 0.0358. The summed E-state index contributed by atoms with van der Waals surface area (Å²) in [4.78, 5) is 24.3. The normalized spacial score (nSPS) is 11.3. The van der Waals surface area contributed by atoms with Crippen LogP contribution in [-0.4, -0.2) is 25.2 Å². The van der Waals surface area contributed by atoms with E-state index in [0.29, 0.717) is 13.2 Å². The second-order valence-corrected chi connectivity index (χ2v) is 15.9. The summed E-state index contributed by atoms with van der Waals surface area (Å²) in [6.07, 6.45) is 51.0. The van der Waals surface area contributed by atoms with Crippen LogP contribution in [-0.2, 0) is 19.1 Å². The molecule has 0 saturated carbocycles. The maximum absolute atomic E-state index is 12.2. The standard InChI is InChI=1S/C47H90O4/c1-4-6-8-10-12-14-16-18-20-22-24-26-28-30-32-34-36-38-40-42-50-46(48)44-45(3)47(49)51-43-41-39-37-35-33-31-29-27-25-23-21-19-17-15-13-11-9-7-5-2/h3-44H2,1-2H3. The van der Waals surface area contributed by atoms with Crippen LogP contribution in [0.1, 0.15) is 264 Å². The van der Waals surface area contributed by atoms with Crippen molar-refractivity contribution in [2.45, 2.75) is 264 Å². The fourth-order valence-corrected chi connectivity index (χ4v) is 7.11. The van der Waals surface area contributed by atoms with Gasteiger partial charge in [-0.25, -0.2) is 4.79 Å². The van der Waals surface area contributed by atoms with E-state index in [1.165, 1.54) is 218 Å². The van der Waals surface area contributed by atoms with Crippen molar-refractivity contribution in [1.82, 2.24) is 0 Å². The van der Waals surface area contributed by atoms with Gasteiger partial charge in [0.2, 0.25) is 0 Å². The van der Waals surface area contributed by atoms with Crippen LogP contribution < -0.4 is 0 Å². The minimum absolute atomic E-state index is 0.0723. The highest BCUT2D eigenvalue weighted by Gasteiger charge is 2.14. The molecule has 0 fully saturated rings. The minimum Gasteiger partial charge on any atom is -0.465 e. The summed E-state index contributed by atoms with van der Waals surface area (Å²) < 4.78 is 10.7. The number of carbonyl (C=O) groups excluding carboxylic acids is 2. The smallest absolute Gasteiger partial charge is 0.333 e. The van der Waals surface area contributed by atoms with Crippen molar-refractivity contribution in [3.8, 4) is 0 Å². The van der Waals surface area contributed by atoms with E-state index in [2.05, 4.69) is 20.4 Å². The minimum atomic E-state index is -0.460. The zero-order valence-corrected chi connectivity index (χ0v) is 34.8. The van der Waals surface area contributed by atoms with Crippen molar-refractivity contribution < 1.29 is 19.1 Å². The van der Waals surface area contributed by atoms with Crippen LogP contribution >= 0.6 is 0 Å². The molecule has 0 aromatic heterocycles. The second kappa shape index (κ2) is 43.1. The molecule has 0 aromatic rings. The third-order valence-corrected chi connectivity index (χ3v) is 10.6. The number of unbranched alkanes of at least 4 members (excludes halogenated alkanes) is 36. The Hall–Kier alpha value is -1.32. The van der Waals surface area contributed by atoms with Crippen molar-refractivity contribution in [3.63, 3.8) is 0 Å². The molecule has 0 spiro atoms. The maximum atomic E-state index is 12.2. The maximum Gasteiger partial charge on any atom is 0.333 e. The van der Waals surface area contributed by atoms with Crippen molar-refractivity contribution in [2.75, 3.05) is 13.2 Å². The summed E-state index contributed by atoms with van der Waals surface area (Å²) in [7, 11) is 0. The summed E-state index contributed by atoms with van der Waals surface area (Å²) in [5, 5.41) is 0. The fourth-order valence-electron chi connectivity index (χ4n) is 7.11. The van der Waals surface area contributed by atoms with Gasteiger partial charge in [-0.3, -0.25) is 4.79 Å². The third-order valence-electron chi connectivity index (χ3n) is 10.6. The van der Waals surface area contributed by atoms with E-state index in [9.17, 15) is 9.59 Å². The number of hydrogen-bond acceptors (Lipinski definition) is 4. The van der Waals surface area contributed by atoms with Gasteiger partial charge in [-0.1, -0.05) is 252 Å². The van der Waals surface area contributed by atoms with E-state index in [0.717, 1.165) is 25.7 Å². The lowest BCUT2D eigenvalue weighted by atomic mass is 10.0. The van der Waals surface area contributed by atoms with Crippen molar-refractivity contribution in [3.05, 3.63) is 12.2 Å². The summed E-state index contributed by atoms with van der Waals surface area (Å²) in [6, 6.07) is 0. The van der Waals surface area contributed by atoms with Crippen molar-refractivity contribution in [1.29, 1.82) is 0 Å². The average molecular weight is 719 g/mol. The Labute approximate surface area is 319 Å². The molecule has 0 radical (unpaired) electrons. The molecule has 51 heavy (non-hydrogen) atoms. The molecule has 0 aliphatic carbocycles. The van der Waals surface area contributed by atoms with Crippen LogP contribution in [0.5, 0.6) is 0 Å². The molecule has 0 unspecified atom stereocenters. The molecule has 4 nitrogen and oxygen atoms in total. The van der Waals surface area contributed by atoms with E-state index in [1.807, 2.05) is 0 Å². The highest BCUT2D eigenvalue weighted by atomic mass is 16.5. The van der Waals surface area contributed by atoms with Gasteiger partial charge in [0.1, 0.15) is 0 Å². The first-order chi connectivity index (χ1) is 25.1. The predicted molar refractivity (Wildman–Crippen MR) is 222 cm³/mol. The van der Waals surface area contributed by atoms with Crippen LogP contribution in [0.2, 0.25) is 0 Å². The van der Waals surface area contributed by atoms with E-state index < -0.39 is 5.97 Å².